The van der Waals surface area contributed by atoms with Gasteiger partial charge in [0.15, 0.2) is 0 Å². The van der Waals surface area contributed by atoms with E-state index in [4.69, 9.17) is 0 Å². The largest absolute Gasteiger partial charge is 0.369 e. The van der Waals surface area contributed by atoms with Crippen molar-refractivity contribution in [3.8, 4) is 0 Å². The highest BCUT2D eigenvalue weighted by Crippen LogP contribution is 2.23. The van der Waals surface area contributed by atoms with E-state index < -0.39 is 10.0 Å². The van der Waals surface area contributed by atoms with Gasteiger partial charge in [-0.15, -0.1) is 0 Å². The molecule has 0 radical (unpaired) electrons. The molecule has 2 aliphatic heterocycles. The zero-order valence-electron chi connectivity index (χ0n) is 21.0. The summed E-state index contributed by atoms with van der Waals surface area (Å²) >= 11 is 0. The number of carbonyl (C=O) groups is 1. The van der Waals surface area contributed by atoms with Gasteiger partial charge in [0, 0.05) is 63.7 Å². The third kappa shape index (κ3) is 6.22. The topological polar surface area (TPSA) is 76.2 Å². The molecule has 35 heavy (non-hydrogen) atoms. The number of hydrogen-bond donors (Lipinski definition) is 1. The number of carbonyl (C=O) groups excluding carboxylic acids is 1. The van der Waals surface area contributed by atoms with Crippen LogP contribution in [0.15, 0.2) is 47.4 Å². The molecule has 2 heterocycles. The standard InChI is InChI=1S/C26H37N5O3S/c1-4-28-11-15-30(16-12-28)24-8-6-23(7-9-24)27-26(32)20-29-13-17-31(18-14-29)35(33,34)25-10-5-21(2)19-22(25)3/h5-10,19H,4,11-18,20H2,1-3H3,(H,27,32). The number of rotatable bonds is 7. The van der Waals surface area contributed by atoms with Gasteiger partial charge in [-0.3, -0.25) is 9.69 Å². The second-order valence-corrected chi connectivity index (χ2v) is 11.4. The van der Waals surface area contributed by atoms with Crippen LogP contribution in [0.25, 0.3) is 0 Å². The monoisotopic (exact) mass is 499 g/mol. The molecule has 0 aliphatic carbocycles. The lowest BCUT2D eigenvalue weighted by Crippen LogP contribution is -2.50. The molecule has 0 unspecified atom stereocenters. The summed E-state index contributed by atoms with van der Waals surface area (Å²) in [6, 6.07) is 13.4. The molecular formula is C26H37N5O3S. The van der Waals surface area contributed by atoms with Crippen LogP contribution < -0.4 is 10.2 Å². The van der Waals surface area contributed by atoms with Gasteiger partial charge >= 0.3 is 0 Å². The molecule has 8 nitrogen and oxygen atoms in total. The van der Waals surface area contributed by atoms with Crippen LogP contribution in [-0.4, -0.2) is 93.9 Å². The Balaban J connectivity index is 1.25. The number of nitrogens with one attached hydrogen (secondary N) is 1. The maximum absolute atomic E-state index is 13.1. The van der Waals surface area contributed by atoms with Gasteiger partial charge in [-0.25, -0.2) is 8.42 Å². The lowest BCUT2D eigenvalue weighted by atomic mass is 10.2. The van der Waals surface area contributed by atoms with Gasteiger partial charge in [0.05, 0.1) is 11.4 Å². The molecule has 2 aliphatic rings. The van der Waals surface area contributed by atoms with Crippen molar-refractivity contribution in [2.24, 2.45) is 0 Å². The van der Waals surface area contributed by atoms with E-state index in [2.05, 4.69) is 34.2 Å². The first-order valence-electron chi connectivity index (χ1n) is 12.4. The quantitative estimate of drug-likeness (QED) is 0.631. The highest BCUT2D eigenvalue weighted by atomic mass is 32.2. The third-order valence-electron chi connectivity index (χ3n) is 6.98. The van der Waals surface area contributed by atoms with Gasteiger partial charge in [0.1, 0.15) is 0 Å². The number of sulfonamides is 1. The van der Waals surface area contributed by atoms with Crippen molar-refractivity contribution in [3.63, 3.8) is 0 Å². The summed E-state index contributed by atoms with van der Waals surface area (Å²) in [5.74, 6) is -0.0833. The predicted octanol–water partition coefficient (Wildman–Crippen LogP) is 2.39. The average Bonchev–Trinajstić information content (AvgIpc) is 2.84. The van der Waals surface area contributed by atoms with Crippen LogP contribution in [0.5, 0.6) is 0 Å². The molecule has 0 atom stereocenters. The number of benzene rings is 2. The number of piperazine rings is 2. The fourth-order valence-electron chi connectivity index (χ4n) is 4.84. The molecule has 2 aromatic carbocycles. The number of hydrogen-bond acceptors (Lipinski definition) is 6. The smallest absolute Gasteiger partial charge is 0.243 e. The van der Waals surface area contributed by atoms with Gasteiger partial charge < -0.3 is 15.1 Å². The molecule has 0 bridgehead atoms. The van der Waals surface area contributed by atoms with Gasteiger partial charge in [-0.05, 0) is 56.3 Å². The van der Waals surface area contributed by atoms with E-state index >= 15 is 0 Å². The van der Waals surface area contributed by atoms with E-state index in [-0.39, 0.29) is 12.5 Å². The van der Waals surface area contributed by atoms with Crippen LogP contribution in [0.2, 0.25) is 0 Å². The summed E-state index contributed by atoms with van der Waals surface area (Å²) in [6.45, 7) is 13.3. The summed E-state index contributed by atoms with van der Waals surface area (Å²) in [4.78, 5) is 19.8. The fraction of sp³-hybridized carbons (Fsp3) is 0.500. The van der Waals surface area contributed by atoms with E-state index in [0.717, 1.165) is 49.5 Å². The second-order valence-electron chi connectivity index (χ2n) is 9.47. The third-order valence-corrected chi connectivity index (χ3v) is 9.04. The Morgan fingerprint density at radius 2 is 1.49 bits per heavy atom. The molecule has 0 spiro atoms. The number of amides is 1. The first-order chi connectivity index (χ1) is 16.8. The number of anilines is 2. The highest BCUT2D eigenvalue weighted by Gasteiger charge is 2.30. The van der Waals surface area contributed by atoms with Gasteiger partial charge in [0.2, 0.25) is 15.9 Å². The van der Waals surface area contributed by atoms with Crippen molar-refractivity contribution in [2.45, 2.75) is 25.7 Å². The SMILES string of the molecule is CCN1CCN(c2ccc(NC(=O)CN3CCN(S(=O)(=O)c4ccc(C)cc4C)CC3)cc2)CC1. The van der Waals surface area contributed by atoms with Crippen LogP contribution in [0.3, 0.4) is 0 Å². The maximum atomic E-state index is 13.1. The van der Waals surface area contributed by atoms with Crippen LogP contribution >= 0.6 is 0 Å². The molecule has 9 heteroatoms. The van der Waals surface area contributed by atoms with Gasteiger partial charge in [-0.1, -0.05) is 24.6 Å². The molecule has 2 saturated heterocycles. The summed E-state index contributed by atoms with van der Waals surface area (Å²) in [5.41, 5.74) is 3.77. The molecule has 2 aromatic rings. The zero-order valence-corrected chi connectivity index (χ0v) is 21.9. The minimum atomic E-state index is -3.53. The Hall–Kier alpha value is -2.46. The molecular weight excluding hydrogens is 462 g/mol. The van der Waals surface area contributed by atoms with Crippen molar-refractivity contribution in [3.05, 3.63) is 53.6 Å². The van der Waals surface area contributed by atoms with E-state index in [1.54, 1.807) is 6.07 Å². The summed E-state index contributed by atoms with van der Waals surface area (Å²) in [5, 5.41) is 2.98. The van der Waals surface area contributed by atoms with Crippen LogP contribution in [-0.2, 0) is 14.8 Å². The van der Waals surface area contributed by atoms with Crippen molar-refractivity contribution in [2.75, 3.05) is 75.7 Å². The summed E-state index contributed by atoms with van der Waals surface area (Å²) < 4.78 is 27.7. The van der Waals surface area contributed by atoms with Crippen molar-refractivity contribution >= 4 is 27.3 Å². The average molecular weight is 500 g/mol. The first-order valence-corrected chi connectivity index (χ1v) is 13.9. The molecule has 2 fully saturated rings. The van der Waals surface area contributed by atoms with Crippen molar-refractivity contribution in [1.82, 2.24) is 14.1 Å². The number of nitrogens with zero attached hydrogens (tertiary/aromatic N) is 4. The van der Waals surface area contributed by atoms with Gasteiger partial charge in [0.25, 0.3) is 0 Å². The van der Waals surface area contributed by atoms with Gasteiger partial charge in [-0.2, -0.15) is 4.31 Å². The van der Waals surface area contributed by atoms with E-state index in [0.29, 0.717) is 31.1 Å². The van der Waals surface area contributed by atoms with E-state index in [9.17, 15) is 13.2 Å². The predicted molar refractivity (Wildman–Crippen MR) is 141 cm³/mol. The van der Waals surface area contributed by atoms with E-state index in [1.165, 1.54) is 9.99 Å². The molecule has 0 aromatic heterocycles. The second kappa shape index (κ2) is 11.1. The normalized spacial score (nSPS) is 18.5. The van der Waals surface area contributed by atoms with Crippen LogP contribution in [0.1, 0.15) is 18.1 Å². The Labute approximate surface area is 209 Å². The minimum absolute atomic E-state index is 0.0833. The highest BCUT2D eigenvalue weighted by molar-refractivity contribution is 7.89. The van der Waals surface area contributed by atoms with Crippen molar-refractivity contribution < 1.29 is 13.2 Å². The molecule has 1 amide bonds. The maximum Gasteiger partial charge on any atom is 0.243 e. The van der Waals surface area contributed by atoms with Crippen LogP contribution in [0, 0.1) is 13.8 Å². The Morgan fingerprint density at radius 3 is 2.09 bits per heavy atom. The minimum Gasteiger partial charge on any atom is -0.369 e. The Bertz CT molecular complexity index is 1120. The molecule has 1 N–H and O–H groups in total. The molecule has 190 valence electrons. The van der Waals surface area contributed by atoms with Crippen LogP contribution in [0.4, 0.5) is 11.4 Å². The number of aryl methyl sites for hydroxylation is 2. The summed E-state index contributed by atoms with van der Waals surface area (Å²) in [6.07, 6.45) is 0. The Morgan fingerprint density at radius 1 is 0.857 bits per heavy atom. The molecule has 4 rings (SSSR count). The lowest BCUT2D eigenvalue weighted by Gasteiger charge is -2.35. The number of likely N-dealkylation sites (N-methyl/N-ethyl adjacent to an activating group) is 1. The van der Waals surface area contributed by atoms with Crippen molar-refractivity contribution in [1.29, 1.82) is 0 Å². The van der Waals surface area contributed by atoms with E-state index in [1.807, 2.05) is 43.0 Å². The lowest BCUT2D eigenvalue weighted by molar-refractivity contribution is -0.117. The fourth-order valence-corrected chi connectivity index (χ4v) is 6.47. The first kappa shape index (κ1) is 25.6. The Kier molecular flexibility index (Phi) is 8.11. The zero-order chi connectivity index (χ0) is 25.0. The summed E-state index contributed by atoms with van der Waals surface area (Å²) in [7, 11) is -3.53. The molecule has 0 saturated carbocycles.